The van der Waals surface area contributed by atoms with Gasteiger partial charge >= 0.3 is 5.97 Å². The highest BCUT2D eigenvalue weighted by atomic mass is 16.8. The van der Waals surface area contributed by atoms with E-state index in [1.54, 1.807) is 6.08 Å². The van der Waals surface area contributed by atoms with Crippen LogP contribution < -0.4 is 16.0 Å². The number of carbonyl (C=O) groups is 4. The van der Waals surface area contributed by atoms with Gasteiger partial charge in [0.2, 0.25) is 17.7 Å². The van der Waals surface area contributed by atoms with Crippen molar-refractivity contribution in [3.05, 3.63) is 12.2 Å². The van der Waals surface area contributed by atoms with E-state index < -0.39 is 272 Å². The highest BCUT2D eigenvalue weighted by Gasteiger charge is 2.62. The summed E-state index contributed by atoms with van der Waals surface area (Å²) in [7, 11) is 0. The number of hydrogen-bond acceptors (Lipinski definition) is 35. The molecule has 3 amide bonds. The van der Waals surface area contributed by atoms with Crippen molar-refractivity contribution >= 4 is 23.7 Å². The lowest BCUT2D eigenvalue weighted by atomic mass is 9.88. The molecule has 0 saturated carbocycles. The molecule has 0 radical (unpaired) electrons. The minimum Gasteiger partial charge on any atom is -0.477 e. The molecule has 0 bridgehead atoms. The van der Waals surface area contributed by atoms with Crippen LogP contribution in [-0.4, -0.2) is 374 Å². The van der Waals surface area contributed by atoms with Crippen LogP contribution in [0.15, 0.2) is 12.2 Å². The molecule has 0 aromatic carbocycles. The van der Waals surface area contributed by atoms with Crippen LogP contribution >= 0.6 is 0 Å². The number of unbranched alkanes of at least 4 members (excludes halogenated alkanes) is 25. The van der Waals surface area contributed by atoms with Gasteiger partial charge in [0, 0.05) is 26.7 Å². The third kappa shape index (κ3) is 30.3. The van der Waals surface area contributed by atoms with Crippen molar-refractivity contribution in [2.45, 2.75) is 416 Å². The number of carboxylic acids is 1. The standard InChI is InChI=1S/C79H141N3O36/c1-5-7-9-11-13-15-17-19-20-22-24-26-28-30-32-34-54(94)82-45(46(91)33-31-29-27-25-23-21-18-16-14-12-10-8-6-2)42-107-74-63(101)61(99)67(52(40-87)111-74)113-75-64(102)62(100)68(53(41-88)112-75)114-76-65(103)71(59(97)50(38-85)109-76)116-73-56(81-44(4)90)69(58(96)49(37-84)108-73)115-77-66(104)72(60(98)51(39-86)110-77)118-79(78(105)106)35-47(92)55(80-43(3)89)70(117-79)57(95)48(93)36-83/h31,33,45-53,55-77,83-88,91-93,95-104H,5-30,32,34-42H2,1-4H3,(H,80,89)(H,81,90)(H,82,94)(H,105,106)/b33-31+/t45-,46+,47?,48+,49?,50?,51?,52?,53?,55+,56?,57+,58-,59-,60-,61+,62+,63?,64?,65?,66?,67+,68-,69+,70?,71-,72-,73-,74+,75-,76-,77-,79-/m0/s1. The average molecular weight is 1710 g/mol. The number of hydrogen-bond donors (Lipinski definition) is 23. The maximum atomic E-state index is 13.5. The molecule has 12 unspecified atom stereocenters. The Bertz CT molecular complexity index is 2830. The maximum absolute atomic E-state index is 13.5. The van der Waals surface area contributed by atoms with Crippen LogP contribution in [0.3, 0.4) is 0 Å². The van der Waals surface area contributed by atoms with Crippen molar-refractivity contribution in [2.75, 3.05) is 46.2 Å². The Morgan fingerprint density at radius 2 is 0.822 bits per heavy atom. The van der Waals surface area contributed by atoms with Gasteiger partial charge in [-0.2, -0.15) is 0 Å². The zero-order valence-electron chi connectivity index (χ0n) is 68.6. The van der Waals surface area contributed by atoms with Gasteiger partial charge < -0.3 is 175 Å². The van der Waals surface area contributed by atoms with E-state index >= 15 is 0 Å². The molecule has 6 aliphatic heterocycles. The van der Waals surface area contributed by atoms with E-state index in [2.05, 4.69) is 29.8 Å². The fraction of sp³-hybridized carbons (Fsp3) is 0.924. The third-order valence-electron chi connectivity index (χ3n) is 22.7. The summed E-state index contributed by atoms with van der Waals surface area (Å²) in [6.45, 7) is -0.679. The SMILES string of the molecule is CCCCCCCCCCCCC/C=C/[C@@H](O)[C@H](CO[C@@H]1OC(CO)[C@@H](O[C@@H]2OC(CO)[C@H](O[C@@H]3OC(CO)[C@H](O)[C@H](O[C@@H]4OC(CO)[C@H](O)[C@H](O[C@@H]5OC(CO)[C@H](O)[C@H](O[C@]6(C(=O)O)CC(O)[C@@H](NC(C)=O)C([C@H](O)[C@H](O)CO)O6)C5O)C4NC(C)=O)C3O)[C@H](O)C2O)[C@H](O)C1O)NC(=O)CCCCCCCCCCCCCCCCC. The first kappa shape index (κ1) is 103. The lowest BCUT2D eigenvalue weighted by Crippen LogP contribution is -2.71. The quantitative estimate of drug-likeness (QED) is 0.0210. The molecule has 6 fully saturated rings. The lowest BCUT2D eigenvalue weighted by Gasteiger charge is -2.51. The van der Waals surface area contributed by atoms with Crippen LogP contribution in [0.5, 0.6) is 0 Å². The van der Waals surface area contributed by atoms with Gasteiger partial charge in [-0.05, 0) is 19.3 Å². The van der Waals surface area contributed by atoms with E-state index in [1.807, 2.05) is 6.08 Å². The summed E-state index contributed by atoms with van der Waals surface area (Å²) in [4.78, 5) is 52.0. The van der Waals surface area contributed by atoms with Gasteiger partial charge in [-0.25, -0.2) is 4.79 Å². The first-order valence-corrected chi connectivity index (χ1v) is 42.6. The Hall–Kier alpha value is -3.62. The molecule has 0 aromatic heterocycles. The second-order valence-corrected chi connectivity index (χ2v) is 32.1. The largest absolute Gasteiger partial charge is 0.477 e. The number of carboxylic acid groups (broad SMARTS) is 1. The Balaban J connectivity index is 1.11. The van der Waals surface area contributed by atoms with Crippen molar-refractivity contribution in [3.63, 3.8) is 0 Å². The number of allylic oxidation sites excluding steroid dienone is 1. The summed E-state index contributed by atoms with van der Waals surface area (Å²) in [6.07, 6.45) is -26.3. The summed E-state index contributed by atoms with van der Waals surface area (Å²) in [5.41, 5.74) is 0. The average Bonchev–Trinajstić information content (AvgIpc) is 0.752. The molecule has 39 heteroatoms. The summed E-state index contributed by atoms with van der Waals surface area (Å²) in [6, 6.07) is -4.72. The first-order chi connectivity index (χ1) is 56.5. The fourth-order valence-electron chi connectivity index (χ4n) is 15.8. The predicted molar refractivity (Wildman–Crippen MR) is 411 cm³/mol. The van der Waals surface area contributed by atoms with Crippen LogP contribution in [-0.2, 0) is 76.0 Å². The molecule has 6 heterocycles. The third-order valence-corrected chi connectivity index (χ3v) is 22.7. The minimum absolute atomic E-state index is 0.168. The second kappa shape index (κ2) is 53.6. The molecule has 0 aliphatic carbocycles. The summed E-state index contributed by atoms with van der Waals surface area (Å²) in [5, 5.41) is 231. The van der Waals surface area contributed by atoms with Crippen molar-refractivity contribution in [3.8, 4) is 0 Å². The molecule has 23 N–H and O–H groups in total. The van der Waals surface area contributed by atoms with E-state index in [0.29, 0.717) is 12.8 Å². The second-order valence-electron chi connectivity index (χ2n) is 32.1. The minimum atomic E-state index is -3.25. The molecule has 118 heavy (non-hydrogen) atoms. The number of carbonyl (C=O) groups excluding carboxylic acids is 3. The van der Waals surface area contributed by atoms with Gasteiger partial charge in [0.25, 0.3) is 5.79 Å². The molecule has 39 nitrogen and oxygen atoms in total. The van der Waals surface area contributed by atoms with Crippen molar-refractivity contribution in [1.29, 1.82) is 0 Å². The van der Waals surface area contributed by atoms with Crippen LogP contribution in [0.1, 0.15) is 214 Å². The number of nitrogens with one attached hydrogen (secondary N) is 3. The Morgan fingerprint density at radius 3 is 1.28 bits per heavy atom. The number of aliphatic hydroxyl groups excluding tert-OH is 19. The molecule has 688 valence electrons. The van der Waals surface area contributed by atoms with Crippen LogP contribution in [0.4, 0.5) is 0 Å². The molecule has 0 spiro atoms. The van der Waals surface area contributed by atoms with E-state index in [0.717, 1.165) is 65.2 Å². The molecule has 33 atom stereocenters. The van der Waals surface area contributed by atoms with E-state index in [9.17, 15) is 121 Å². The molecular formula is C79H141N3O36. The Labute approximate surface area is 689 Å². The van der Waals surface area contributed by atoms with Gasteiger partial charge in [0.05, 0.1) is 70.5 Å². The fourth-order valence-corrected chi connectivity index (χ4v) is 15.8. The molecule has 6 aliphatic rings. The van der Waals surface area contributed by atoms with Crippen LogP contribution in [0, 0.1) is 0 Å². The number of aliphatic hydroxyl groups is 19. The summed E-state index contributed by atoms with van der Waals surface area (Å²) in [5.74, 6) is -7.50. The normalized spacial score (nSPS) is 36.4. The molecule has 6 saturated heterocycles. The number of ether oxygens (including phenoxy) is 12. The summed E-state index contributed by atoms with van der Waals surface area (Å²) >= 11 is 0. The van der Waals surface area contributed by atoms with Gasteiger partial charge in [-0.3, -0.25) is 14.4 Å². The molecule has 6 rings (SSSR count). The highest BCUT2D eigenvalue weighted by molar-refractivity contribution is 5.77. The van der Waals surface area contributed by atoms with Crippen molar-refractivity contribution < 1.29 is 178 Å². The highest BCUT2D eigenvalue weighted by Crippen LogP contribution is 2.41. The molecule has 0 aromatic rings. The Morgan fingerprint density at radius 1 is 0.441 bits per heavy atom. The number of amides is 3. The predicted octanol–water partition coefficient (Wildman–Crippen LogP) is -3.22. The summed E-state index contributed by atoms with van der Waals surface area (Å²) < 4.78 is 70.5. The lowest BCUT2D eigenvalue weighted by molar-refractivity contribution is -0.392. The van der Waals surface area contributed by atoms with Crippen LogP contribution in [0.25, 0.3) is 0 Å². The van der Waals surface area contributed by atoms with Crippen molar-refractivity contribution in [2.24, 2.45) is 0 Å². The maximum Gasteiger partial charge on any atom is 0.364 e. The number of rotatable bonds is 55. The first-order valence-electron chi connectivity index (χ1n) is 42.6. The zero-order valence-corrected chi connectivity index (χ0v) is 68.6. The zero-order chi connectivity index (χ0) is 86.8. The van der Waals surface area contributed by atoms with Crippen LogP contribution in [0.2, 0.25) is 0 Å². The van der Waals surface area contributed by atoms with Crippen molar-refractivity contribution in [1.82, 2.24) is 16.0 Å². The smallest absolute Gasteiger partial charge is 0.364 e. The van der Waals surface area contributed by atoms with Gasteiger partial charge in [0.15, 0.2) is 31.5 Å². The topological polar surface area (TPSA) is 620 Å². The van der Waals surface area contributed by atoms with E-state index in [4.69, 9.17) is 56.8 Å². The van der Waals surface area contributed by atoms with Gasteiger partial charge in [0.1, 0.15) is 140 Å². The van der Waals surface area contributed by atoms with E-state index in [1.165, 1.54) is 109 Å². The molecular weight excluding hydrogens is 1570 g/mol. The van der Waals surface area contributed by atoms with E-state index in [-0.39, 0.29) is 12.3 Å². The Kier molecular flexibility index (Phi) is 46.9. The van der Waals surface area contributed by atoms with Gasteiger partial charge in [-0.1, -0.05) is 180 Å². The monoisotopic (exact) mass is 1710 g/mol. The number of aliphatic carboxylic acids is 1. The van der Waals surface area contributed by atoms with Gasteiger partial charge in [-0.15, -0.1) is 0 Å².